The third-order valence-electron chi connectivity index (χ3n) is 7.51. The molecule has 8 nitrogen and oxygen atoms in total. The molecule has 1 aliphatic rings. The topological polar surface area (TPSA) is 91.7 Å². The zero-order valence-electron chi connectivity index (χ0n) is 25.2. The van der Waals surface area contributed by atoms with Crippen molar-refractivity contribution in [3.63, 3.8) is 0 Å². The van der Waals surface area contributed by atoms with Crippen molar-refractivity contribution >= 4 is 45.1 Å². The average Bonchev–Trinajstić information content (AvgIpc) is 3.34. The monoisotopic (exact) mass is 607 g/mol. The molecule has 0 aliphatic carbocycles. The number of aromatic nitrogens is 3. The highest BCUT2D eigenvalue weighted by molar-refractivity contribution is 7.22. The molecule has 42 heavy (non-hydrogen) atoms. The van der Waals surface area contributed by atoms with Crippen molar-refractivity contribution in [2.75, 3.05) is 24.5 Å². The minimum Gasteiger partial charge on any atom is -0.479 e. The number of fused-ring (bicyclic) bond motifs is 1. The third-order valence-corrected chi connectivity index (χ3v) is 8.87. The number of nitrogens with zero attached hydrogens (tertiary/aromatic N) is 5. The van der Waals surface area contributed by atoms with Crippen LogP contribution >= 0.6 is 22.9 Å². The summed E-state index contributed by atoms with van der Waals surface area (Å²) in [5.74, 6) is -0.346. The largest absolute Gasteiger partial charge is 0.479 e. The standard InChI is InChI=1S/C32H38ClN5O3S/c1-18(2)38-15-14-37(17-20(38)4)31-34-13-12-23(36-31)29-35-24-16-19(3)25(27(30(39)40)41-32(5,6)7)26(28(24)42-29)21-8-10-22(33)11-9-21/h8-13,16,18,20,27H,14-15,17H2,1-7H3,(H,39,40). The number of rotatable bonds is 7. The lowest BCUT2D eigenvalue weighted by Gasteiger charge is -2.42. The van der Waals surface area contributed by atoms with Gasteiger partial charge in [0.1, 0.15) is 10.7 Å². The number of carboxylic acid groups (broad SMARTS) is 1. The van der Waals surface area contributed by atoms with E-state index in [0.29, 0.717) is 28.6 Å². The highest BCUT2D eigenvalue weighted by Gasteiger charge is 2.33. The molecule has 4 aromatic rings. The Bertz CT molecular complexity index is 1600. The fraction of sp³-hybridized carbons (Fsp3) is 0.438. The van der Waals surface area contributed by atoms with Crippen LogP contribution in [0.3, 0.4) is 0 Å². The van der Waals surface area contributed by atoms with Crippen molar-refractivity contribution < 1.29 is 14.6 Å². The Hall–Kier alpha value is -3.11. The van der Waals surface area contributed by atoms with Crippen molar-refractivity contribution in [2.45, 2.75) is 72.3 Å². The van der Waals surface area contributed by atoms with E-state index in [1.807, 2.05) is 64.1 Å². The highest BCUT2D eigenvalue weighted by atomic mass is 35.5. The zero-order valence-corrected chi connectivity index (χ0v) is 26.8. The van der Waals surface area contributed by atoms with Gasteiger partial charge >= 0.3 is 5.97 Å². The Morgan fingerprint density at radius 3 is 2.48 bits per heavy atom. The van der Waals surface area contributed by atoms with Crippen LogP contribution in [0.15, 0.2) is 42.6 Å². The van der Waals surface area contributed by atoms with Crippen LogP contribution in [0.1, 0.15) is 58.8 Å². The summed E-state index contributed by atoms with van der Waals surface area (Å²) in [5, 5.41) is 11.7. The number of thiazole rings is 1. The molecule has 10 heteroatoms. The SMILES string of the molecule is Cc1cc2nc(-c3ccnc(N4CCN(C(C)C)C(C)C4)n3)sc2c(-c2ccc(Cl)cc2)c1C(OC(C)(C)C)C(=O)O. The van der Waals surface area contributed by atoms with E-state index in [9.17, 15) is 9.90 Å². The van der Waals surface area contributed by atoms with Gasteiger partial charge in [0.2, 0.25) is 5.95 Å². The van der Waals surface area contributed by atoms with Gasteiger partial charge in [-0.25, -0.2) is 19.7 Å². The number of aryl methyl sites for hydroxylation is 1. The van der Waals surface area contributed by atoms with Gasteiger partial charge in [0.15, 0.2) is 6.10 Å². The first-order valence-electron chi connectivity index (χ1n) is 14.3. The smallest absolute Gasteiger partial charge is 0.337 e. The summed E-state index contributed by atoms with van der Waals surface area (Å²) in [6, 6.07) is 12.2. The maximum atomic E-state index is 12.6. The van der Waals surface area contributed by atoms with Crippen LogP contribution in [-0.2, 0) is 9.53 Å². The summed E-state index contributed by atoms with van der Waals surface area (Å²) in [5.41, 5.74) is 3.89. The molecule has 1 fully saturated rings. The number of carboxylic acids is 1. The van der Waals surface area contributed by atoms with Crippen LogP contribution in [0.5, 0.6) is 0 Å². The lowest BCUT2D eigenvalue weighted by molar-refractivity contribution is -0.160. The van der Waals surface area contributed by atoms with Gasteiger partial charge in [-0.1, -0.05) is 23.7 Å². The maximum Gasteiger partial charge on any atom is 0.337 e. The van der Waals surface area contributed by atoms with Gasteiger partial charge in [-0.05, 0) is 83.9 Å². The van der Waals surface area contributed by atoms with E-state index in [4.69, 9.17) is 26.3 Å². The molecular formula is C32H38ClN5O3S. The number of ether oxygens (including phenoxy) is 1. The summed E-state index contributed by atoms with van der Waals surface area (Å²) in [6.45, 7) is 16.9. The summed E-state index contributed by atoms with van der Waals surface area (Å²) < 4.78 is 7.01. The Morgan fingerprint density at radius 1 is 1.14 bits per heavy atom. The van der Waals surface area contributed by atoms with Gasteiger partial charge in [-0.2, -0.15) is 0 Å². The molecule has 222 valence electrons. The number of piperazine rings is 1. The second-order valence-electron chi connectivity index (χ2n) is 12.2. The number of hydrogen-bond acceptors (Lipinski definition) is 8. The lowest BCUT2D eigenvalue weighted by Crippen LogP contribution is -2.54. The Morgan fingerprint density at radius 2 is 1.86 bits per heavy atom. The van der Waals surface area contributed by atoms with Crippen LogP contribution in [0, 0.1) is 6.92 Å². The minimum absolute atomic E-state index is 0.397. The van der Waals surface area contributed by atoms with Crippen LogP contribution in [-0.4, -0.2) is 68.2 Å². The van der Waals surface area contributed by atoms with Gasteiger partial charge in [0, 0.05) is 54.1 Å². The molecule has 2 unspecified atom stereocenters. The van der Waals surface area contributed by atoms with Gasteiger partial charge < -0.3 is 14.7 Å². The fourth-order valence-electron chi connectivity index (χ4n) is 5.69. The molecule has 5 rings (SSSR count). The Balaban J connectivity index is 1.62. The van der Waals surface area contributed by atoms with Gasteiger partial charge in [0.25, 0.3) is 0 Å². The summed E-state index contributed by atoms with van der Waals surface area (Å²) in [6.07, 6.45) is 0.625. The number of benzene rings is 2. The van der Waals surface area contributed by atoms with Crippen molar-refractivity contribution in [1.29, 1.82) is 0 Å². The number of carbonyl (C=O) groups is 1. The first-order valence-corrected chi connectivity index (χ1v) is 15.5. The summed E-state index contributed by atoms with van der Waals surface area (Å²) in [4.78, 5) is 31.9. The van der Waals surface area contributed by atoms with E-state index < -0.39 is 17.7 Å². The summed E-state index contributed by atoms with van der Waals surface area (Å²) in [7, 11) is 0. The van der Waals surface area contributed by atoms with E-state index in [2.05, 4.69) is 35.6 Å². The van der Waals surface area contributed by atoms with Gasteiger partial charge in [-0.3, -0.25) is 4.90 Å². The molecule has 0 radical (unpaired) electrons. The highest BCUT2D eigenvalue weighted by Crippen LogP contribution is 2.44. The van der Waals surface area contributed by atoms with Crippen LogP contribution < -0.4 is 4.90 Å². The number of anilines is 1. The molecule has 0 spiro atoms. The second-order valence-corrected chi connectivity index (χ2v) is 13.6. The average molecular weight is 608 g/mol. The molecule has 2 aromatic heterocycles. The number of aliphatic carboxylic acids is 1. The molecule has 1 aliphatic heterocycles. The van der Waals surface area contributed by atoms with Crippen molar-refractivity contribution in [3.8, 4) is 21.8 Å². The molecule has 0 saturated carbocycles. The first kappa shape index (κ1) is 30.4. The van der Waals surface area contributed by atoms with Crippen LogP contribution in [0.4, 0.5) is 5.95 Å². The van der Waals surface area contributed by atoms with Crippen LogP contribution in [0.25, 0.3) is 32.0 Å². The van der Waals surface area contributed by atoms with E-state index >= 15 is 0 Å². The summed E-state index contributed by atoms with van der Waals surface area (Å²) >= 11 is 7.73. The van der Waals surface area contributed by atoms with E-state index in [-0.39, 0.29) is 0 Å². The second kappa shape index (κ2) is 11.9. The zero-order chi connectivity index (χ0) is 30.3. The third kappa shape index (κ3) is 6.29. The molecule has 1 saturated heterocycles. The van der Waals surface area contributed by atoms with E-state index in [1.165, 1.54) is 11.3 Å². The molecule has 2 aromatic carbocycles. The molecular weight excluding hydrogens is 570 g/mol. The predicted molar refractivity (Wildman–Crippen MR) is 171 cm³/mol. The Labute approximate surface area is 256 Å². The quantitative estimate of drug-likeness (QED) is 0.235. The minimum atomic E-state index is -1.16. The van der Waals surface area contributed by atoms with Gasteiger partial charge in [-0.15, -0.1) is 11.3 Å². The van der Waals surface area contributed by atoms with Crippen molar-refractivity contribution in [3.05, 3.63) is 58.7 Å². The molecule has 1 N–H and O–H groups in total. The molecule has 0 amide bonds. The van der Waals surface area contributed by atoms with E-state index in [1.54, 1.807) is 6.20 Å². The fourth-order valence-corrected chi connectivity index (χ4v) is 6.91. The molecule has 3 heterocycles. The first-order chi connectivity index (χ1) is 19.8. The number of hydrogen-bond donors (Lipinski definition) is 1. The Kier molecular flexibility index (Phi) is 8.58. The lowest BCUT2D eigenvalue weighted by atomic mass is 9.91. The van der Waals surface area contributed by atoms with E-state index in [0.717, 1.165) is 57.2 Å². The van der Waals surface area contributed by atoms with Gasteiger partial charge in [0.05, 0.1) is 15.8 Å². The molecule has 0 bridgehead atoms. The van der Waals surface area contributed by atoms with Crippen molar-refractivity contribution in [2.24, 2.45) is 0 Å². The predicted octanol–water partition coefficient (Wildman–Crippen LogP) is 7.24. The van der Waals surface area contributed by atoms with Crippen molar-refractivity contribution in [1.82, 2.24) is 19.9 Å². The normalized spacial score (nSPS) is 17.3. The van der Waals surface area contributed by atoms with Crippen LogP contribution in [0.2, 0.25) is 5.02 Å². The maximum absolute atomic E-state index is 12.6. The molecule has 2 atom stereocenters. The number of halogens is 1.